The molecular weight excluding hydrogens is 326 g/mol. The highest BCUT2D eigenvalue weighted by Gasteiger charge is 2.12. The molecule has 0 aliphatic rings. The molecule has 0 saturated carbocycles. The zero-order chi connectivity index (χ0) is 17.4. The Bertz CT molecular complexity index is 826. The Hall–Kier alpha value is -2.69. The standard InChI is InChI=1S/C17H17N3O3S/c18-12-15-6-8-16(9-7-15)20-17(21)13-19-24(22,23)11-10-14-4-2-1-3-5-14/h1-9,19H,10-11,13H2,(H,20,21). The van der Waals surface area contributed by atoms with Gasteiger partial charge in [0.05, 0.1) is 23.9 Å². The van der Waals surface area contributed by atoms with E-state index in [1.807, 2.05) is 36.4 Å². The summed E-state index contributed by atoms with van der Waals surface area (Å²) >= 11 is 0. The van der Waals surface area contributed by atoms with Gasteiger partial charge in [-0.2, -0.15) is 5.26 Å². The van der Waals surface area contributed by atoms with Crippen LogP contribution in [-0.2, 0) is 21.2 Å². The zero-order valence-electron chi connectivity index (χ0n) is 12.9. The first-order valence-electron chi connectivity index (χ1n) is 7.30. The molecule has 2 aromatic rings. The number of sulfonamides is 1. The quantitative estimate of drug-likeness (QED) is 0.798. The van der Waals surface area contributed by atoms with Crippen molar-refractivity contribution in [1.29, 1.82) is 5.26 Å². The largest absolute Gasteiger partial charge is 0.325 e. The minimum absolute atomic E-state index is 0.0822. The molecule has 2 N–H and O–H groups in total. The van der Waals surface area contributed by atoms with Crippen LogP contribution in [-0.4, -0.2) is 26.6 Å². The molecule has 0 bridgehead atoms. The molecule has 0 radical (unpaired) electrons. The van der Waals surface area contributed by atoms with Crippen molar-refractivity contribution in [2.45, 2.75) is 6.42 Å². The van der Waals surface area contributed by atoms with E-state index in [1.54, 1.807) is 24.3 Å². The zero-order valence-corrected chi connectivity index (χ0v) is 13.7. The fourth-order valence-corrected chi connectivity index (χ4v) is 2.98. The first-order valence-corrected chi connectivity index (χ1v) is 8.95. The van der Waals surface area contributed by atoms with Crippen molar-refractivity contribution < 1.29 is 13.2 Å². The predicted octanol–water partition coefficient (Wildman–Crippen LogP) is 1.66. The summed E-state index contributed by atoms with van der Waals surface area (Å²) in [5.41, 5.74) is 1.90. The average Bonchev–Trinajstić information content (AvgIpc) is 2.60. The van der Waals surface area contributed by atoms with Gasteiger partial charge in [0.1, 0.15) is 0 Å². The van der Waals surface area contributed by atoms with Crippen LogP contribution in [0.4, 0.5) is 5.69 Å². The van der Waals surface area contributed by atoms with Crippen LogP contribution in [0, 0.1) is 11.3 Å². The Morgan fingerprint density at radius 1 is 1.04 bits per heavy atom. The van der Waals surface area contributed by atoms with Crippen molar-refractivity contribution in [3.05, 3.63) is 65.7 Å². The molecule has 0 atom stereocenters. The molecule has 0 spiro atoms. The molecule has 7 heteroatoms. The van der Waals surface area contributed by atoms with Crippen molar-refractivity contribution in [2.24, 2.45) is 0 Å². The lowest BCUT2D eigenvalue weighted by Gasteiger charge is -2.08. The van der Waals surface area contributed by atoms with Crippen LogP contribution in [0.5, 0.6) is 0 Å². The van der Waals surface area contributed by atoms with Crippen LogP contribution < -0.4 is 10.0 Å². The second-order valence-corrected chi connectivity index (χ2v) is 7.04. The van der Waals surface area contributed by atoms with Crippen molar-refractivity contribution in [3.63, 3.8) is 0 Å². The molecule has 24 heavy (non-hydrogen) atoms. The Morgan fingerprint density at radius 3 is 2.33 bits per heavy atom. The monoisotopic (exact) mass is 343 g/mol. The number of aryl methyl sites for hydroxylation is 1. The van der Waals surface area contributed by atoms with Crippen molar-refractivity contribution >= 4 is 21.6 Å². The average molecular weight is 343 g/mol. The molecule has 2 aromatic carbocycles. The fraction of sp³-hybridized carbons (Fsp3) is 0.176. The van der Waals surface area contributed by atoms with Gasteiger partial charge in [-0.1, -0.05) is 30.3 Å². The predicted molar refractivity (Wildman–Crippen MR) is 91.7 cm³/mol. The topological polar surface area (TPSA) is 99.1 Å². The Labute approximate surface area is 141 Å². The number of nitrogens with one attached hydrogen (secondary N) is 2. The van der Waals surface area contributed by atoms with E-state index in [1.165, 1.54) is 0 Å². The minimum atomic E-state index is -3.53. The highest BCUT2D eigenvalue weighted by Crippen LogP contribution is 2.08. The number of nitriles is 1. The van der Waals surface area contributed by atoms with E-state index in [9.17, 15) is 13.2 Å². The maximum atomic E-state index is 11.9. The van der Waals surface area contributed by atoms with Crippen LogP contribution in [0.1, 0.15) is 11.1 Å². The lowest BCUT2D eigenvalue weighted by atomic mass is 10.2. The summed E-state index contributed by atoms with van der Waals surface area (Å²) < 4.78 is 26.1. The van der Waals surface area contributed by atoms with Gasteiger partial charge in [0.2, 0.25) is 15.9 Å². The maximum Gasteiger partial charge on any atom is 0.239 e. The van der Waals surface area contributed by atoms with Gasteiger partial charge >= 0.3 is 0 Å². The second kappa shape index (κ2) is 8.24. The SMILES string of the molecule is N#Cc1ccc(NC(=O)CNS(=O)(=O)CCc2ccccc2)cc1. The molecule has 2 rings (SSSR count). The third kappa shape index (κ3) is 5.83. The number of carbonyl (C=O) groups excluding carboxylic acids is 1. The number of anilines is 1. The molecule has 1 amide bonds. The number of rotatable bonds is 7. The fourth-order valence-electron chi connectivity index (χ4n) is 1.98. The van der Waals surface area contributed by atoms with Crippen LogP contribution in [0.15, 0.2) is 54.6 Å². The van der Waals surface area contributed by atoms with E-state index in [2.05, 4.69) is 10.0 Å². The van der Waals surface area contributed by atoms with E-state index in [-0.39, 0.29) is 12.3 Å². The molecule has 0 aliphatic carbocycles. The molecule has 0 fully saturated rings. The third-order valence-electron chi connectivity index (χ3n) is 3.25. The van der Waals surface area contributed by atoms with Gasteiger partial charge in [-0.3, -0.25) is 4.79 Å². The first kappa shape index (κ1) is 17.7. The van der Waals surface area contributed by atoms with Gasteiger partial charge in [0, 0.05) is 5.69 Å². The summed E-state index contributed by atoms with van der Waals surface area (Å²) in [6, 6.07) is 17.5. The summed E-state index contributed by atoms with van der Waals surface area (Å²) in [5.74, 6) is -0.552. The smallest absolute Gasteiger partial charge is 0.239 e. The van der Waals surface area contributed by atoms with Crippen LogP contribution in [0.2, 0.25) is 0 Å². The van der Waals surface area contributed by atoms with Gasteiger partial charge < -0.3 is 5.32 Å². The summed E-state index contributed by atoms with van der Waals surface area (Å²) in [7, 11) is -3.53. The van der Waals surface area contributed by atoms with E-state index in [4.69, 9.17) is 5.26 Å². The highest BCUT2D eigenvalue weighted by atomic mass is 32.2. The molecule has 0 saturated heterocycles. The van der Waals surface area contributed by atoms with Crippen molar-refractivity contribution in [2.75, 3.05) is 17.6 Å². The lowest BCUT2D eigenvalue weighted by molar-refractivity contribution is -0.115. The third-order valence-corrected chi connectivity index (χ3v) is 4.58. The van der Waals surface area contributed by atoms with Gasteiger partial charge in [0.25, 0.3) is 0 Å². The molecular formula is C17H17N3O3S. The van der Waals surface area contributed by atoms with Crippen molar-refractivity contribution in [1.82, 2.24) is 4.72 Å². The first-order chi connectivity index (χ1) is 11.5. The van der Waals surface area contributed by atoms with Gasteiger partial charge in [0.15, 0.2) is 0 Å². The molecule has 0 heterocycles. The lowest BCUT2D eigenvalue weighted by Crippen LogP contribution is -2.34. The normalized spacial score (nSPS) is 10.8. The molecule has 124 valence electrons. The number of carbonyl (C=O) groups is 1. The molecule has 6 nitrogen and oxygen atoms in total. The van der Waals surface area contributed by atoms with Crippen LogP contribution >= 0.6 is 0 Å². The minimum Gasteiger partial charge on any atom is -0.325 e. The summed E-state index contributed by atoms with van der Waals surface area (Å²) in [6.45, 7) is -0.336. The van der Waals surface area contributed by atoms with E-state index in [0.717, 1.165) is 5.56 Å². The van der Waals surface area contributed by atoms with Gasteiger partial charge in [-0.15, -0.1) is 0 Å². The number of hydrogen-bond donors (Lipinski definition) is 2. The number of hydrogen-bond acceptors (Lipinski definition) is 4. The maximum absolute atomic E-state index is 11.9. The number of nitrogens with zero attached hydrogens (tertiary/aromatic N) is 1. The second-order valence-electron chi connectivity index (χ2n) is 5.11. The summed E-state index contributed by atoms with van der Waals surface area (Å²) in [4.78, 5) is 11.8. The van der Waals surface area contributed by atoms with E-state index in [0.29, 0.717) is 17.7 Å². The number of amides is 1. The Kier molecular flexibility index (Phi) is 6.07. The van der Waals surface area contributed by atoms with Gasteiger partial charge in [-0.25, -0.2) is 13.1 Å². The summed E-state index contributed by atoms with van der Waals surface area (Å²) in [6.07, 6.45) is 0.382. The Morgan fingerprint density at radius 2 is 1.71 bits per heavy atom. The number of benzene rings is 2. The summed E-state index contributed by atoms with van der Waals surface area (Å²) in [5, 5.41) is 11.3. The van der Waals surface area contributed by atoms with E-state index < -0.39 is 15.9 Å². The van der Waals surface area contributed by atoms with Crippen molar-refractivity contribution in [3.8, 4) is 6.07 Å². The molecule has 0 unspecified atom stereocenters. The molecule has 0 aliphatic heterocycles. The van der Waals surface area contributed by atoms with Crippen LogP contribution in [0.25, 0.3) is 0 Å². The molecule has 0 aromatic heterocycles. The van der Waals surface area contributed by atoms with Crippen LogP contribution in [0.3, 0.4) is 0 Å². The highest BCUT2D eigenvalue weighted by molar-refractivity contribution is 7.89. The van der Waals surface area contributed by atoms with E-state index >= 15 is 0 Å². The van der Waals surface area contributed by atoms with Gasteiger partial charge in [-0.05, 0) is 36.2 Å². The Balaban J connectivity index is 1.80.